The molecule has 1 fully saturated rings. The van der Waals surface area contributed by atoms with Gasteiger partial charge in [-0.3, -0.25) is 4.79 Å². The lowest BCUT2D eigenvalue weighted by atomic mass is 9.89. The minimum absolute atomic E-state index is 0.0438. The highest BCUT2D eigenvalue weighted by Crippen LogP contribution is 2.50. The van der Waals surface area contributed by atoms with Crippen molar-refractivity contribution >= 4 is 11.9 Å². The molecule has 1 saturated carbocycles. The van der Waals surface area contributed by atoms with Crippen LogP contribution in [0.4, 0.5) is 0 Å². The molecular formula is C12H16O6. The van der Waals surface area contributed by atoms with Gasteiger partial charge in [-0.2, -0.15) is 0 Å². The highest BCUT2D eigenvalue weighted by molar-refractivity contribution is 5.91. The summed E-state index contributed by atoms with van der Waals surface area (Å²) in [5.74, 6) is -2.47. The third-order valence-corrected chi connectivity index (χ3v) is 3.88. The number of rotatable bonds is 2. The second kappa shape index (κ2) is 4.61. The predicted octanol–water partition coefficient (Wildman–Crippen LogP) is 0.161. The molecule has 0 bridgehead atoms. The van der Waals surface area contributed by atoms with Crippen LogP contribution >= 0.6 is 0 Å². The van der Waals surface area contributed by atoms with Crippen molar-refractivity contribution in [1.82, 2.24) is 0 Å². The fourth-order valence-electron chi connectivity index (χ4n) is 3.11. The van der Waals surface area contributed by atoms with E-state index >= 15 is 0 Å². The number of aliphatic hydroxyl groups excluding tert-OH is 2. The van der Waals surface area contributed by atoms with Crippen molar-refractivity contribution in [2.24, 2.45) is 17.8 Å². The monoisotopic (exact) mass is 256 g/mol. The second-order valence-electron chi connectivity index (χ2n) is 4.68. The molecule has 18 heavy (non-hydrogen) atoms. The Hall–Kier alpha value is -1.56. The Morgan fingerprint density at radius 3 is 2.50 bits per heavy atom. The Bertz CT molecular complexity index is 413. The van der Waals surface area contributed by atoms with Crippen LogP contribution in [-0.4, -0.2) is 42.5 Å². The van der Waals surface area contributed by atoms with Crippen molar-refractivity contribution in [3.63, 3.8) is 0 Å². The van der Waals surface area contributed by atoms with Crippen LogP contribution < -0.4 is 0 Å². The molecular weight excluding hydrogens is 240 g/mol. The molecule has 2 rings (SSSR count). The topological polar surface area (TPSA) is 93.1 Å². The summed E-state index contributed by atoms with van der Waals surface area (Å²) >= 11 is 0. The predicted molar refractivity (Wildman–Crippen MR) is 59.4 cm³/mol. The minimum atomic E-state index is -0.847. The van der Waals surface area contributed by atoms with Crippen LogP contribution in [0.2, 0.25) is 0 Å². The summed E-state index contributed by atoms with van der Waals surface area (Å²) in [7, 11) is 2.49. The molecule has 4 atom stereocenters. The Morgan fingerprint density at radius 1 is 1.28 bits per heavy atom. The Labute approximate surface area is 104 Å². The van der Waals surface area contributed by atoms with Gasteiger partial charge in [0.1, 0.15) is 5.76 Å². The minimum Gasteiger partial charge on any atom is -0.512 e. The van der Waals surface area contributed by atoms with Gasteiger partial charge in [0, 0.05) is 12.3 Å². The lowest BCUT2D eigenvalue weighted by molar-refractivity contribution is -0.150. The first-order chi connectivity index (χ1) is 8.51. The van der Waals surface area contributed by atoms with Crippen molar-refractivity contribution in [3.8, 4) is 0 Å². The summed E-state index contributed by atoms with van der Waals surface area (Å²) in [6, 6.07) is 0. The van der Waals surface area contributed by atoms with E-state index in [1.54, 1.807) is 0 Å². The third kappa shape index (κ3) is 1.77. The number of ether oxygens (including phenoxy) is 2. The van der Waals surface area contributed by atoms with Crippen LogP contribution in [0.15, 0.2) is 11.3 Å². The van der Waals surface area contributed by atoms with E-state index in [1.165, 1.54) is 14.2 Å². The number of hydrogen-bond donors (Lipinski definition) is 2. The summed E-state index contributed by atoms with van der Waals surface area (Å²) in [5.41, 5.74) is 0.188. The van der Waals surface area contributed by atoms with Gasteiger partial charge in [0.15, 0.2) is 0 Å². The average molecular weight is 256 g/mol. The van der Waals surface area contributed by atoms with E-state index in [-0.39, 0.29) is 36.0 Å². The fourth-order valence-corrected chi connectivity index (χ4v) is 3.11. The molecule has 0 aromatic carbocycles. The lowest BCUT2D eigenvalue weighted by Gasteiger charge is -2.18. The van der Waals surface area contributed by atoms with Gasteiger partial charge in [0.25, 0.3) is 0 Å². The molecule has 2 aliphatic carbocycles. The Kier molecular flexibility index (Phi) is 3.30. The number of esters is 2. The SMILES string of the molecule is COC(=O)C1=C(O)C[C@@H]2[C@@H](C(=O)OC)[C@H](O)C[C@H]12. The number of carbonyl (C=O) groups excluding carboxylic acids is 2. The number of aliphatic hydroxyl groups is 2. The molecule has 0 aromatic heterocycles. The van der Waals surface area contributed by atoms with Crippen LogP contribution in [0.1, 0.15) is 12.8 Å². The molecule has 0 aliphatic heterocycles. The molecule has 100 valence electrons. The zero-order valence-electron chi connectivity index (χ0n) is 10.3. The van der Waals surface area contributed by atoms with E-state index in [0.717, 1.165) is 0 Å². The van der Waals surface area contributed by atoms with Crippen LogP contribution in [-0.2, 0) is 19.1 Å². The van der Waals surface area contributed by atoms with Gasteiger partial charge in [-0.25, -0.2) is 4.79 Å². The summed E-state index contributed by atoms with van der Waals surface area (Å²) in [6.45, 7) is 0. The number of hydrogen-bond acceptors (Lipinski definition) is 6. The largest absolute Gasteiger partial charge is 0.512 e. The molecule has 0 saturated heterocycles. The van der Waals surface area contributed by atoms with Crippen molar-refractivity contribution in [3.05, 3.63) is 11.3 Å². The molecule has 0 unspecified atom stereocenters. The van der Waals surface area contributed by atoms with Gasteiger partial charge < -0.3 is 19.7 Å². The molecule has 2 N–H and O–H groups in total. The average Bonchev–Trinajstić information content (AvgIpc) is 2.80. The van der Waals surface area contributed by atoms with Gasteiger partial charge in [0.2, 0.25) is 0 Å². The summed E-state index contributed by atoms with van der Waals surface area (Å²) < 4.78 is 9.27. The number of fused-ring (bicyclic) bond motifs is 1. The Balaban J connectivity index is 2.26. The number of carbonyl (C=O) groups is 2. The van der Waals surface area contributed by atoms with Gasteiger partial charge in [-0.1, -0.05) is 0 Å². The maximum Gasteiger partial charge on any atom is 0.337 e. The zero-order chi connectivity index (χ0) is 13.4. The van der Waals surface area contributed by atoms with E-state index < -0.39 is 24.0 Å². The van der Waals surface area contributed by atoms with Gasteiger partial charge in [-0.05, 0) is 12.3 Å². The molecule has 0 aromatic rings. The first-order valence-corrected chi connectivity index (χ1v) is 5.77. The molecule has 6 heteroatoms. The van der Waals surface area contributed by atoms with Crippen molar-refractivity contribution in [2.45, 2.75) is 18.9 Å². The summed E-state index contributed by atoms with van der Waals surface area (Å²) in [5, 5.41) is 19.7. The zero-order valence-corrected chi connectivity index (χ0v) is 10.3. The first-order valence-electron chi connectivity index (χ1n) is 5.77. The Morgan fingerprint density at radius 2 is 1.94 bits per heavy atom. The van der Waals surface area contributed by atoms with Gasteiger partial charge in [0.05, 0.1) is 31.8 Å². The molecule has 6 nitrogen and oxygen atoms in total. The normalized spacial score (nSPS) is 34.4. The highest BCUT2D eigenvalue weighted by Gasteiger charge is 2.54. The third-order valence-electron chi connectivity index (χ3n) is 3.88. The van der Waals surface area contributed by atoms with Crippen LogP contribution in [0, 0.1) is 17.8 Å². The smallest absolute Gasteiger partial charge is 0.337 e. The summed E-state index contributed by atoms with van der Waals surface area (Å²) in [6.07, 6.45) is -0.384. The van der Waals surface area contributed by atoms with E-state index in [0.29, 0.717) is 0 Å². The quantitative estimate of drug-likeness (QED) is 0.684. The van der Waals surface area contributed by atoms with Crippen LogP contribution in [0.5, 0.6) is 0 Å². The fraction of sp³-hybridized carbons (Fsp3) is 0.667. The highest BCUT2D eigenvalue weighted by atomic mass is 16.5. The first kappa shape index (κ1) is 12.9. The van der Waals surface area contributed by atoms with Crippen molar-refractivity contribution in [1.29, 1.82) is 0 Å². The van der Waals surface area contributed by atoms with E-state index in [2.05, 4.69) is 9.47 Å². The maximum atomic E-state index is 11.6. The number of allylic oxidation sites excluding steroid dienone is 1. The van der Waals surface area contributed by atoms with Gasteiger partial charge in [-0.15, -0.1) is 0 Å². The van der Waals surface area contributed by atoms with Crippen molar-refractivity contribution in [2.75, 3.05) is 14.2 Å². The maximum absolute atomic E-state index is 11.6. The van der Waals surface area contributed by atoms with E-state index in [1.807, 2.05) is 0 Å². The van der Waals surface area contributed by atoms with Gasteiger partial charge >= 0.3 is 11.9 Å². The van der Waals surface area contributed by atoms with E-state index in [4.69, 9.17) is 0 Å². The second-order valence-corrected chi connectivity index (χ2v) is 4.68. The molecule has 0 amide bonds. The molecule has 0 spiro atoms. The van der Waals surface area contributed by atoms with Crippen LogP contribution in [0.3, 0.4) is 0 Å². The van der Waals surface area contributed by atoms with Crippen molar-refractivity contribution < 1.29 is 29.3 Å². The number of methoxy groups -OCH3 is 2. The lowest BCUT2D eigenvalue weighted by Crippen LogP contribution is -2.29. The van der Waals surface area contributed by atoms with E-state index in [9.17, 15) is 19.8 Å². The standard InChI is InChI=1S/C12H16O6/c1-17-11(15)9-5-3-8(14)10(12(16)18-2)6(5)4-7(9)13/h5-7,9,13-14H,3-4H2,1-2H3/t5-,6-,7+,9+/m0/s1. The van der Waals surface area contributed by atoms with Crippen LogP contribution in [0.25, 0.3) is 0 Å². The molecule has 2 aliphatic rings. The molecule has 0 radical (unpaired) electrons. The summed E-state index contributed by atoms with van der Waals surface area (Å²) in [4.78, 5) is 23.2. The molecule has 0 heterocycles.